The SMILES string of the molecule is COc1ccc(OC)c(S(=O)(=O)N2CCC(C(=O)N3CC[NH+](C)CC3)CC2)c1. The van der Waals surface area contributed by atoms with E-state index < -0.39 is 10.0 Å². The van der Waals surface area contributed by atoms with Crippen LogP contribution in [-0.2, 0) is 14.8 Å². The predicted octanol–water partition coefficient (Wildman–Crippen LogP) is -0.539. The molecule has 28 heavy (non-hydrogen) atoms. The van der Waals surface area contributed by atoms with Gasteiger partial charge in [-0.3, -0.25) is 4.79 Å². The molecule has 1 aromatic rings. The number of carbonyl (C=O) groups is 1. The molecule has 1 aromatic carbocycles. The number of methoxy groups -OCH3 is 2. The lowest BCUT2D eigenvalue weighted by Gasteiger charge is -2.36. The van der Waals surface area contributed by atoms with Crippen LogP contribution in [-0.4, -0.2) is 84.1 Å². The summed E-state index contributed by atoms with van der Waals surface area (Å²) < 4.78 is 38.1. The largest absolute Gasteiger partial charge is 0.497 e. The fourth-order valence-electron chi connectivity index (χ4n) is 3.83. The molecule has 0 unspecified atom stereocenters. The summed E-state index contributed by atoms with van der Waals surface area (Å²) in [5, 5.41) is 0. The van der Waals surface area contributed by atoms with Crippen LogP contribution in [0.4, 0.5) is 0 Å². The number of hydrogen-bond acceptors (Lipinski definition) is 5. The van der Waals surface area contributed by atoms with Crippen LogP contribution in [0.3, 0.4) is 0 Å². The van der Waals surface area contributed by atoms with Gasteiger partial charge in [0, 0.05) is 25.1 Å². The maximum absolute atomic E-state index is 13.1. The van der Waals surface area contributed by atoms with E-state index in [0.717, 1.165) is 26.2 Å². The molecule has 2 aliphatic rings. The summed E-state index contributed by atoms with van der Waals surface area (Å²) in [6, 6.07) is 4.75. The highest BCUT2D eigenvalue weighted by Gasteiger charge is 2.36. The molecule has 0 bridgehead atoms. The molecule has 2 saturated heterocycles. The third-order valence-electron chi connectivity index (χ3n) is 5.72. The maximum atomic E-state index is 13.1. The normalized spacial score (nSPS) is 20.2. The van der Waals surface area contributed by atoms with Crippen LogP contribution >= 0.6 is 0 Å². The van der Waals surface area contributed by atoms with Crippen molar-refractivity contribution in [3.05, 3.63) is 18.2 Å². The van der Waals surface area contributed by atoms with Gasteiger partial charge in [0.1, 0.15) is 16.4 Å². The van der Waals surface area contributed by atoms with Crippen molar-refractivity contribution in [3.8, 4) is 11.5 Å². The van der Waals surface area contributed by atoms with E-state index in [1.165, 1.54) is 29.5 Å². The van der Waals surface area contributed by atoms with Crippen LogP contribution < -0.4 is 14.4 Å². The molecule has 3 rings (SSSR count). The zero-order valence-electron chi connectivity index (χ0n) is 16.8. The maximum Gasteiger partial charge on any atom is 0.246 e. The number of amides is 1. The minimum atomic E-state index is -3.72. The first kappa shape index (κ1) is 20.9. The molecule has 0 spiro atoms. The molecule has 156 valence electrons. The topological polar surface area (TPSA) is 80.6 Å². The van der Waals surface area contributed by atoms with Crippen molar-refractivity contribution in [2.75, 3.05) is 60.5 Å². The first-order valence-electron chi connectivity index (χ1n) is 9.69. The van der Waals surface area contributed by atoms with Gasteiger partial charge in [0.25, 0.3) is 0 Å². The second-order valence-corrected chi connectivity index (χ2v) is 9.38. The molecule has 1 amide bonds. The lowest BCUT2D eigenvalue weighted by atomic mass is 9.96. The summed E-state index contributed by atoms with van der Waals surface area (Å²) in [4.78, 5) is 16.3. The Morgan fingerprint density at radius 3 is 2.29 bits per heavy atom. The van der Waals surface area contributed by atoms with E-state index in [-0.39, 0.29) is 16.7 Å². The number of sulfonamides is 1. The number of hydrogen-bond donors (Lipinski definition) is 1. The summed E-state index contributed by atoms with van der Waals surface area (Å²) in [5.74, 6) is 0.821. The molecule has 9 heteroatoms. The Bertz CT molecular complexity index is 798. The van der Waals surface area contributed by atoms with E-state index in [2.05, 4.69) is 7.05 Å². The Balaban J connectivity index is 1.68. The number of carbonyl (C=O) groups excluding carboxylic acids is 1. The first-order valence-corrected chi connectivity index (χ1v) is 11.1. The summed E-state index contributed by atoms with van der Waals surface area (Å²) in [6.45, 7) is 4.16. The zero-order chi connectivity index (χ0) is 20.3. The van der Waals surface area contributed by atoms with E-state index in [9.17, 15) is 13.2 Å². The van der Waals surface area contributed by atoms with E-state index in [1.807, 2.05) is 4.90 Å². The lowest BCUT2D eigenvalue weighted by molar-refractivity contribution is -0.883. The van der Waals surface area contributed by atoms with Crippen LogP contribution in [0.1, 0.15) is 12.8 Å². The molecule has 1 N–H and O–H groups in total. The van der Waals surface area contributed by atoms with Crippen LogP contribution in [0.5, 0.6) is 11.5 Å². The molecule has 0 atom stereocenters. The van der Waals surface area contributed by atoms with Gasteiger partial charge in [-0.05, 0) is 25.0 Å². The summed E-state index contributed by atoms with van der Waals surface area (Å²) >= 11 is 0. The summed E-state index contributed by atoms with van der Waals surface area (Å²) in [5.41, 5.74) is 0. The van der Waals surface area contributed by atoms with E-state index >= 15 is 0 Å². The summed E-state index contributed by atoms with van der Waals surface area (Å²) in [6.07, 6.45) is 1.09. The Hall–Kier alpha value is -1.84. The van der Waals surface area contributed by atoms with Crippen LogP contribution in [0.2, 0.25) is 0 Å². The number of ether oxygens (including phenoxy) is 2. The van der Waals surface area contributed by atoms with Gasteiger partial charge >= 0.3 is 0 Å². The minimum absolute atomic E-state index is 0.0983. The second kappa shape index (κ2) is 8.67. The number of quaternary nitrogens is 1. The van der Waals surface area contributed by atoms with Gasteiger partial charge in [-0.25, -0.2) is 8.42 Å². The average Bonchev–Trinajstić information content (AvgIpc) is 2.73. The van der Waals surface area contributed by atoms with Gasteiger partial charge in [-0.1, -0.05) is 0 Å². The average molecular weight is 413 g/mol. The third-order valence-corrected chi connectivity index (χ3v) is 7.64. The highest BCUT2D eigenvalue weighted by molar-refractivity contribution is 7.89. The Labute approximate surface area is 167 Å². The molecule has 2 aliphatic heterocycles. The molecule has 2 heterocycles. The number of benzene rings is 1. The minimum Gasteiger partial charge on any atom is -0.497 e. The molecule has 0 radical (unpaired) electrons. The molecule has 2 fully saturated rings. The quantitative estimate of drug-likeness (QED) is 0.703. The van der Waals surface area contributed by atoms with Crippen LogP contribution in [0.25, 0.3) is 0 Å². The number of piperidine rings is 1. The number of rotatable bonds is 5. The number of nitrogens with one attached hydrogen (secondary N) is 1. The summed E-state index contributed by atoms with van der Waals surface area (Å²) in [7, 11) is 1.36. The fraction of sp³-hybridized carbons (Fsp3) is 0.632. The van der Waals surface area contributed by atoms with Gasteiger partial charge in [0.05, 0.1) is 47.4 Å². The molecular formula is C19H30N3O5S+. The van der Waals surface area contributed by atoms with Crippen molar-refractivity contribution in [1.82, 2.24) is 9.21 Å². The second-order valence-electron chi connectivity index (χ2n) is 7.48. The van der Waals surface area contributed by atoms with Crippen molar-refractivity contribution in [1.29, 1.82) is 0 Å². The number of piperazine rings is 1. The highest BCUT2D eigenvalue weighted by Crippen LogP contribution is 2.32. The van der Waals surface area contributed by atoms with Gasteiger partial charge in [0.2, 0.25) is 15.9 Å². The van der Waals surface area contributed by atoms with Gasteiger partial charge in [0.15, 0.2) is 0 Å². The van der Waals surface area contributed by atoms with Crippen LogP contribution in [0.15, 0.2) is 23.1 Å². The van der Waals surface area contributed by atoms with Crippen molar-refractivity contribution < 1.29 is 27.6 Å². The first-order chi connectivity index (χ1) is 13.4. The van der Waals surface area contributed by atoms with Crippen molar-refractivity contribution >= 4 is 15.9 Å². The monoisotopic (exact) mass is 412 g/mol. The molecule has 0 saturated carbocycles. The highest BCUT2D eigenvalue weighted by atomic mass is 32.2. The Morgan fingerprint density at radius 1 is 1.07 bits per heavy atom. The van der Waals surface area contributed by atoms with Crippen molar-refractivity contribution in [2.24, 2.45) is 5.92 Å². The van der Waals surface area contributed by atoms with E-state index in [0.29, 0.717) is 37.4 Å². The standard InChI is InChI=1S/C19H29N3O5S/c1-20-10-12-21(13-11-20)19(23)15-6-8-22(9-7-15)28(24,25)18-14-16(26-2)4-5-17(18)27-3/h4-5,14-15H,6-13H2,1-3H3/p+1. The van der Waals surface area contributed by atoms with Gasteiger partial charge < -0.3 is 19.3 Å². The molecular weight excluding hydrogens is 382 g/mol. The van der Waals surface area contributed by atoms with E-state index in [4.69, 9.17) is 9.47 Å². The van der Waals surface area contributed by atoms with Crippen LogP contribution in [0, 0.1) is 5.92 Å². The van der Waals surface area contributed by atoms with E-state index in [1.54, 1.807) is 12.1 Å². The predicted molar refractivity (Wildman–Crippen MR) is 104 cm³/mol. The lowest BCUT2D eigenvalue weighted by Crippen LogP contribution is -3.12. The smallest absolute Gasteiger partial charge is 0.246 e. The van der Waals surface area contributed by atoms with Crippen molar-refractivity contribution in [2.45, 2.75) is 17.7 Å². The van der Waals surface area contributed by atoms with Crippen molar-refractivity contribution in [3.63, 3.8) is 0 Å². The Morgan fingerprint density at radius 2 is 1.71 bits per heavy atom. The van der Waals surface area contributed by atoms with Gasteiger partial charge in [-0.2, -0.15) is 4.31 Å². The number of likely N-dealkylation sites (N-methyl/N-ethyl adjacent to an activating group) is 1. The zero-order valence-corrected chi connectivity index (χ0v) is 17.6. The molecule has 0 aromatic heterocycles. The molecule has 0 aliphatic carbocycles. The molecule has 8 nitrogen and oxygen atoms in total. The third kappa shape index (κ3) is 4.26. The Kier molecular flexibility index (Phi) is 6.47. The van der Waals surface area contributed by atoms with Gasteiger partial charge in [-0.15, -0.1) is 0 Å². The fourth-order valence-corrected chi connectivity index (χ4v) is 5.48. The number of nitrogens with zero attached hydrogens (tertiary/aromatic N) is 2.